The van der Waals surface area contributed by atoms with Crippen molar-refractivity contribution in [2.75, 3.05) is 25.4 Å². The lowest BCUT2D eigenvalue weighted by Crippen LogP contribution is -2.49. The van der Waals surface area contributed by atoms with Crippen LogP contribution >= 0.6 is 0 Å². The second-order valence-corrected chi connectivity index (χ2v) is 10.1. The van der Waals surface area contributed by atoms with Crippen molar-refractivity contribution < 1.29 is 17.9 Å². The molecule has 0 spiro atoms. The SMILES string of the molecule is NC1C2CCCC1CC(C(=O)NCCS(=O)(=O)NCC1CCCCO1)C2. The zero-order valence-corrected chi connectivity index (χ0v) is 16.3. The van der Waals surface area contributed by atoms with Gasteiger partial charge in [0.05, 0.1) is 11.9 Å². The fraction of sp³-hybridized carbons (Fsp3) is 0.944. The molecule has 0 aromatic carbocycles. The smallest absolute Gasteiger partial charge is 0.223 e. The van der Waals surface area contributed by atoms with E-state index in [-0.39, 0.29) is 36.3 Å². The Morgan fingerprint density at radius 1 is 1.08 bits per heavy atom. The highest BCUT2D eigenvalue weighted by atomic mass is 32.2. The topological polar surface area (TPSA) is 111 Å². The largest absolute Gasteiger partial charge is 0.377 e. The molecule has 3 rings (SSSR count). The average molecular weight is 388 g/mol. The summed E-state index contributed by atoms with van der Waals surface area (Å²) in [6.45, 7) is 1.17. The molecule has 0 aromatic rings. The van der Waals surface area contributed by atoms with Gasteiger partial charge in [0.1, 0.15) is 0 Å². The first-order chi connectivity index (χ1) is 12.4. The van der Waals surface area contributed by atoms with Gasteiger partial charge in [0, 0.05) is 31.7 Å². The number of carbonyl (C=O) groups excluding carboxylic acids is 1. The van der Waals surface area contributed by atoms with Crippen molar-refractivity contribution in [3.63, 3.8) is 0 Å². The van der Waals surface area contributed by atoms with Crippen LogP contribution in [0.5, 0.6) is 0 Å². The van der Waals surface area contributed by atoms with Gasteiger partial charge in [0.25, 0.3) is 0 Å². The molecule has 3 unspecified atom stereocenters. The van der Waals surface area contributed by atoms with Crippen molar-refractivity contribution in [3.05, 3.63) is 0 Å². The molecule has 0 radical (unpaired) electrons. The first-order valence-corrected chi connectivity index (χ1v) is 11.7. The van der Waals surface area contributed by atoms with Crippen LogP contribution in [0.15, 0.2) is 0 Å². The molecule has 2 bridgehead atoms. The highest BCUT2D eigenvalue weighted by Gasteiger charge is 2.40. The van der Waals surface area contributed by atoms with E-state index in [2.05, 4.69) is 10.0 Å². The Hall–Kier alpha value is -0.700. The summed E-state index contributed by atoms with van der Waals surface area (Å²) >= 11 is 0. The number of hydrogen-bond donors (Lipinski definition) is 3. The third-order valence-electron chi connectivity index (χ3n) is 6.26. The van der Waals surface area contributed by atoms with E-state index in [0.29, 0.717) is 25.0 Å². The van der Waals surface area contributed by atoms with Gasteiger partial charge in [0.2, 0.25) is 15.9 Å². The fourth-order valence-electron chi connectivity index (χ4n) is 4.72. The first kappa shape index (κ1) is 20.0. The highest BCUT2D eigenvalue weighted by molar-refractivity contribution is 7.89. The minimum absolute atomic E-state index is 0.0142. The molecule has 3 fully saturated rings. The number of rotatable bonds is 7. The van der Waals surface area contributed by atoms with Crippen LogP contribution in [0.3, 0.4) is 0 Å². The van der Waals surface area contributed by atoms with Gasteiger partial charge in [-0.25, -0.2) is 13.1 Å². The summed E-state index contributed by atoms with van der Waals surface area (Å²) in [5.41, 5.74) is 6.27. The number of fused-ring (bicyclic) bond motifs is 2. The molecule has 4 N–H and O–H groups in total. The van der Waals surface area contributed by atoms with Gasteiger partial charge < -0.3 is 15.8 Å². The van der Waals surface area contributed by atoms with E-state index in [0.717, 1.165) is 44.9 Å². The molecule has 26 heavy (non-hydrogen) atoms. The van der Waals surface area contributed by atoms with Crippen LogP contribution in [0.2, 0.25) is 0 Å². The molecule has 150 valence electrons. The normalized spacial score (nSPS) is 35.0. The molecule has 1 saturated heterocycles. The van der Waals surface area contributed by atoms with E-state index in [4.69, 9.17) is 10.5 Å². The van der Waals surface area contributed by atoms with E-state index in [1.165, 1.54) is 6.42 Å². The zero-order valence-electron chi connectivity index (χ0n) is 15.5. The Morgan fingerprint density at radius 3 is 2.46 bits per heavy atom. The standard InChI is InChI=1S/C18H33N3O4S/c19-17-13-4-3-5-14(17)11-15(10-13)18(22)20-7-9-26(23,24)21-12-16-6-1-2-8-25-16/h13-17,21H,1-12,19H2,(H,20,22). The van der Waals surface area contributed by atoms with E-state index in [1.807, 2.05) is 0 Å². The van der Waals surface area contributed by atoms with Gasteiger partial charge in [-0.05, 0) is 56.8 Å². The number of ether oxygens (including phenoxy) is 1. The van der Waals surface area contributed by atoms with Crippen molar-refractivity contribution in [1.82, 2.24) is 10.0 Å². The monoisotopic (exact) mass is 387 g/mol. The number of carbonyl (C=O) groups is 1. The van der Waals surface area contributed by atoms with Crippen LogP contribution in [0, 0.1) is 17.8 Å². The van der Waals surface area contributed by atoms with Crippen LogP contribution < -0.4 is 15.8 Å². The average Bonchev–Trinajstić information content (AvgIpc) is 2.60. The molecule has 0 aromatic heterocycles. The van der Waals surface area contributed by atoms with Crippen molar-refractivity contribution in [3.8, 4) is 0 Å². The summed E-state index contributed by atoms with van der Waals surface area (Å²) in [5, 5.41) is 2.82. The summed E-state index contributed by atoms with van der Waals surface area (Å²) in [7, 11) is -3.40. The maximum Gasteiger partial charge on any atom is 0.223 e. The minimum Gasteiger partial charge on any atom is -0.377 e. The summed E-state index contributed by atoms with van der Waals surface area (Å²) in [6.07, 6.45) is 8.11. The Kier molecular flexibility index (Phi) is 6.93. The Balaban J connectivity index is 1.37. The quantitative estimate of drug-likeness (QED) is 0.597. The molecule has 2 aliphatic carbocycles. The first-order valence-electron chi connectivity index (χ1n) is 10.1. The lowest BCUT2D eigenvalue weighted by molar-refractivity contribution is -0.127. The summed E-state index contributed by atoms with van der Waals surface area (Å²) in [6, 6.07) is 0.236. The van der Waals surface area contributed by atoms with Crippen LogP contribution in [0.25, 0.3) is 0 Å². The van der Waals surface area contributed by atoms with Crippen molar-refractivity contribution in [1.29, 1.82) is 0 Å². The number of nitrogens with two attached hydrogens (primary N) is 1. The van der Waals surface area contributed by atoms with E-state index >= 15 is 0 Å². The number of hydrogen-bond acceptors (Lipinski definition) is 5. The fourth-order valence-corrected chi connectivity index (χ4v) is 5.67. The molecule has 1 aliphatic heterocycles. The minimum atomic E-state index is -3.40. The lowest BCUT2D eigenvalue weighted by atomic mass is 9.65. The molecular formula is C18H33N3O4S. The van der Waals surface area contributed by atoms with Crippen molar-refractivity contribution in [2.45, 2.75) is 63.5 Å². The Labute approximate surface area is 156 Å². The van der Waals surface area contributed by atoms with Crippen molar-refractivity contribution in [2.24, 2.45) is 23.5 Å². The van der Waals surface area contributed by atoms with E-state index in [9.17, 15) is 13.2 Å². The summed E-state index contributed by atoms with van der Waals surface area (Å²) in [4.78, 5) is 12.4. The van der Waals surface area contributed by atoms with Crippen molar-refractivity contribution >= 4 is 15.9 Å². The second kappa shape index (κ2) is 8.99. The molecule has 8 heteroatoms. The van der Waals surface area contributed by atoms with Crippen LogP contribution in [0.1, 0.15) is 51.4 Å². The van der Waals surface area contributed by atoms with E-state index in [1.54, 1.807) is 0 Å². The number of sulfonamides is 1. The van der Waals surface area contributed by atoms with Gasteiger partial charge >= 0.3 is 0 Å². The second-order valence-electron chi connectivity index (χ2n) is 8.14. The van der Waals surface area contributed by atoms with Gasteiger partial charge in [0.15, 0.2) is 0 Å². The molecule has 2 saturated carbocycles. The third kappa shape index (κ3) is 5.41. The predicted octanol–water partition coefficient (Wildman–Crippen LogP) is 0.745. The maximum atomic E-state index is 12.4. The maximum absolute atomic E-state index is 12.4. The van der Waals surface area contributed by atoms with E-state index < -0.39 is 10.0 Å². The highest BCUT2D eigenvalue weighted by Crippen LogP contribution is 2.41. The number of amides is 1. The molecule has 1 heterocycles. The number of nitrogens with one attached hydrogen (secondary N) is 2. The van der Waals surface area contributed by atoms with Crippen LogP contribution in [-0.2, 0) is 19.6 Å². The third-order valence-corrected chi connectivity index (χ3v) is 7.61. The van der Waals surface area contributed by atoms with Crippen LogP contribution in [-0.4, -0.2) is 51.9 Å². The van der Waals surface area contributed by atoms with Gasteiger partial charge in [-0.15, -0.1) is 0 Å². The molecule has 3 atom stereocenters. The lowest BCUT2D eigenvalue weighted by Gasteiger charge is -2.43. The molecule has 1 amide bonds. The zero-order chi connectivity index (χ0) is 18.6. The summed E-state index contributed by atoms with van der Waals surface area (Å²) < 4.78 is 32.3. The Bertz CT molecular complexity index is 563. The summed E-state index contributed by atoms with van der Waals surface area (Å²) in [5.74, 6) is 0.763. The van der Waals surface area contributed by atoms with Gasteiger partial charge in [-0.2, -0.15) is 0 Å². The molecular weight excluding hydrogens is 354 g/mol. The Morgan fingerprint density at radius 2 is 1.81 bits per heavy atom. The predicted molar refractivity (Wildman–Crippen MR) is 99.9 cm³/mol. The van der Waals surface area contributed by atoms with Gasteiger partial charge in [-0.1, -0.05) is 6.42 Å². The van der Waals surface area contributed by atoms with Crippen LogP contribution in [0.4, 0.5) is 0 Å². The van der Waals surface area contributed by atoms with Gasteiger partial charge in [-0.3, -0.25) is 4.79 Å². The molecule has 7 nitrogen and oxygen atoms in total. The molecule has 3 aliphatic rings.